The third-order valence-corrected chi connectivity index (χ3v) is 3.27. The van der Waals surface area contributed by atoms with E-state index >= 15 is 0 Å². The standard InChI is InChI=1S/C12H10BrClFN3/c13-8-5-17-6-11(16)12(8)18-4-7-1-2-10(15)9(14)3-7/h1-3,5-6H,4,16H2,(H,17,18). The van der Waals surface area contributed by atoms with E-state index in [9.17, 15) is 4.39 Å². The molecule has 0 saturated carbocycles. The first kappa shape index (κ1) is 13.1. The molecule has 1 heterocycles. The Balaban J connectivity index is 2.14. The summed E-state index contributed by atoms with van der Waals surface area (Å²) in [5.41, 5.74) is 7.96. The van der Waals surface area contributed by atoms with Gasteiger partial charge >= 0.3 is 0 Å². The van der Waals surface area contributed by atoms with Gasteiger partial charge in [0.25, 0.3) is 0 Å². The van der Waals surface area contributed by atoms with Crippen molar-refractivity contribution in [2.75, 3.05) is 11.1 Å². The van der Waals surface area contributed by atoms with Crippen LogP contribution in [0, 0.1) is 5.82 Å². The summed E-state index contributed by atoms with van der Waals surface area (Å²) >= 11 is 9.07. The Kier molecular flexibility index (Phi) is 4.04. The largest absolute Gasteiger partial charge is 0.396 e. The van der Waals surface area contributed by atoms with E-state index in [1.165, 1.54) is 6.07 Å². The SMILES string of the molecule is Nc1cncc(Br)c1NCc1ccc(F)c(Cl)c1. The summed E-state index contributed by atoms with van der Waals surface area (Å²) in [4.78, 5) is 3.94. The lowest BCUT2D eigenvalue weighted by molar-refractivity contribution is 0.627. The van der Waals surface area contributed by atoms with E-state index in [2.05, 4.69) is 26.2 Å². The first-order chi connectivity index (χ1) is 8.58. The van der Waals surface area contributed by atoms with Crippen molar-refractivity contribution in [1.82, 2.24) is 4.98 Å². The lowest BCUT2D eigenvalue weighted by Gasteiger charge is -2.11. The summed E-state index contributed by atoms with van der Waals surface area (Å²) in [6.07, 6.45) is 3.21. The van der Waals surface area contributed by atoms with Crippen molar-refractivity contribution in [3.8, 4) is 0 Å². The van der Waals surface area contributed by atoms with Gasteiger partial charge in [-0.3, -0.25) is 4.98 Å². The molecule has 0 amide bonds. The van der Waals surface area contributed by atoms with Crippen molar-refractivity contribution in [2.24, 2.45) is 0 Å². The smallest absolute Gasteiger partial charge is 0.141 e. The maximum atomic E-state index is 13.0. The molecule has 0 radical (unpaired) electrons. The number of rotatable bonds is 3. The Morgan fingerprint density at radius 3 is 2.83 bits per heavy atom. The molecular weight excluding hydrogens is 321 g/mol. The lowest BCUT2D eigenvalue weighted by Crippen LogP contribution is -2.04. The Labute approximate surface area is 117 Å². The van der Waals surface area contributed by atoms with Gasteiger partial charge in [-0.25, -0.2) is 4.39 Å². The predicted molar refractivity (Wildman–Crippen MR) is 75.1 cm³/mol. The normalized spacial score (nSPS) is 10.4. The van der Waals surface area contributed by atoms with E-state index in [0.29, 0.717) is 12.2 Å². The van der Waals surface area contributed by atoms with Gasteiger partial charge < -0.3 is 11.1 Å². The molecule has 0 unspecified atom stereocenters. The Morgan fingerprint density at radius 1 is 1.39 bits per heavy atom. The van der Waals surface area contributed by atoms with Crippen LogP contribution in [0.1, 0.15) is 5.56 Å². The average Bonchev–Trinajstić information content (AvgIpc) is 2.33. The number of nitrogen functional groups attached to an aromatic ring is 1. The first-order valence-electron chi connectivity index (χ1n) is 5.14. The fourth-order valence-corrected chi connectivity index (χ4v) is 2.17. The first-order valence-corrected chi connectivity index (χ1v) is 6.32. The molecule has 94 valence electrons. The van der Waals surface area contributed by atoms with Gasteiger partial charge in [0.05, 0.1) is 27.1 Å². The minimum absolute atomic E-state index is 0.107. The van der Waals surface area contributed by atoms with E-state index < -0.39 is 5.82 Å². The van der Waals surface area contributed by atoms with Crippen LogP contribution in [-0.2, 0) is 6.54 Å². The molecule has 2 rings (SSSR count). The van der Waals surface area contributed by atoms with Crippen molar-refractivity contribution < 1.29 is 4.39 Å². The lowest BCUT2D eigenvalue weighted by atomic mass is 10.2. The van der Waals surface area contributed by atoms with Crippen molar-refractivity contribution in [3.63, 3.8) is 0 Å². The summed E-state index contributed by atoms with van der Waals surface area (Å²) in [6.45, 7) is 0.493. The summed E-state index contributed by atoms with van der Waals surface area (Å²) in [6, 6.07) is 4.58. The van der Waals surface area contributed by atoms with Gasteiger partial charge in [0.15, 0.2) is 0 Å². The zero-order valence-corrected chi connectivity index (χ0v) is 11.6. The van der Waals surface area contributed by atoms with Gasteiger partial charge in [-0.2, -0.15) is 0 Å². The van der Waals surface area contributed by atoms with E-state index in [-0.39, 0.29) is 5.02 Å². The zero-order valence-electron chi connectivity index (χ0n) is 9.25. The minimum atomic E-state index is -0.426. The number of benzene rings is 1. The molecule has 2 aromatic rings. The number of halogens is 3. The van der Waals surface area contributed by atoms with Crippen LogP contribution < -0.4 is 11.1 Å². The van der Waals surface area contributed by atoms with Gasteiger partial charge in [0.2, 0.25) is 0 Å². The predicted octanol–water partition coefficient (Wildman–Crippen LogP) is 3.83. The molecule has 1 aromatic heterocycles. The van der Waals surface area contributed by atoms with Gasteiger partial charge in [0.1, 0.15) is 5.82 Å². The number of nitrogens with two attached hydrogens (primary N) is 1. The van der Waals surface area contributed by atoms with Crippen LogP contribution in [-0.4, -0.2) is 4.98 Å². The molecular formula is C12H10BrClFN3. The Bertz CT molecular complexity index is 557. The summed E-state index contributed by atoms with van der Waals surface area (Å²) in [5.74, 6) is -0.426. The van der Waals surface area contributed by atoms with Gasteiger partial charge in [-0.05, 0) is 33.6 Å². The Morgan fingerprint density at radius 2 is 2.17 bits per heavy atom. The fourth-order valence-electron chi connectivity index (χ4n) is 1.48. The highest BCUT2D eigenvalue weighted by molar-refractivity contribution is 9.10. The summed E-state index contributed by atoms with van der Waals surface area (Å²) in [7, 11) is 0. The highest BCUT2D eigenvalue weighted by Gasteiger charge is 2.05. The van der Waals surface area contributed by atoms with Gasteiger partial charge in [0, 0.05) is 12.7 Å². The molecule has 0 atom stereocenters. The topological polar surface area (TPSA) is 50.9 Å². The number of nitrogens with one attached hydrogen (secondary N) is 1. The number of aromatic nitrogens is 1. The average molecular weight is 331 g/mol. The quantitative estimate of drug-likeness (QED) is 0.899. The molecule has 0 saturated heterocycles. The van der Waals surface area contributed by atoms with E-state index in [4.69, 9.17) is 17.3 Å². The number of hydrogen-bond acceptors (Lipinski definition) is 3. The number of pyridine rings is 1. The number of nitrogens with zero attached hydrogens (tertiary/aromatic N) is 1. The second kappa shape index (κ2) is 5.54. The maximum absolute atomic E-state index is 13.0. The molecule has 0 spiro atoms. The number of anilines is 2. The van der Waals surface area contributed by atoms with Crippen LogP contribution in [0.4, 0.5) is 15.8 Å². The van der Waals surface area contributed by atoms with Crippen LogP contribution in [0.3, 0.4) is 0 Å². The van der Waals surface area contributed by atoms with Crippen LogP contribution in [0.2, 0.25) is 5.02 Å². The second-order valence-corrected chi connectivity index (χ2v) is 4.95. The van der Waals surface area contributed by atoms with Crippen LogP contribution in [0.25, 0.3) is 0 Å². The minimum Gasteiger partial charge on any atom is -0.396 e. The molecule has 3 N–H and O–H groups in total. The molecule has 0 aliphatic heterocycles. The molecule has 6 heteroatoms. The van der Waals surface area contributed by atoms with E-state index in [1.807, 2.05) is 0 Å². The summed E-state index contributed by atoms with van der Waals surface area (Å²) < 4.78 is 13.8. The fraction of sp³-hybridized carbons (Fsp3) is 0.0833. The van der Waals surface area contributed by atoms with Crippen molar-refractivity contribution >= 4 is 38.9 Å². The molecule has 3 nitrogen and oxygen atoms in total. The van der Waals surface area contributed by atoms with Gasteiger partial charge in [-0.15, -0.1) is 0 Å². The highest BCUT2D eigenvalue weighted by atomic mass is 79.9. The zero-order chi connectivity index (χ0) is 13.1. The van der Waals surface area contributed by atoms with Crippen LogP contribution in [0.5, 0.6) is 0 Å². The highest BCUT2D eigenvalue weighted by Crippen LogP contribution is 2.27. The van der Waals surface area contributed by atoms with Gasteiger partial charge in [-0.1, -0.05) is 17.7 Å². The van der Waals surface area contributed by atoms with E-state index in [0.717, 1.165) is 15.7 Å². The third-order valence-electron chi connectivity index (χ3n) is 2.38. The third kappa shape index (κ3) is 2.91. The van der Waals surface area contributed by atoms with E-state index in [1.54, 1.807) is 24.5 Å². The monoisotopic (exact) mass is 329 g/mol. The molecule has 0 fully saturated rings. The molecule has 18 heavy (non-hydrogen) atoms. The molecule has 0 aliphatic carbocycles. The maximum Gasteiger partial charge on any atom is 0.141 e. The number of hydrogen-bond donors (Lipinski definition) is 2. The van der Waals surface area contributed by atoms with Crippen molar-refractivity contribution in [2.45, 2.75) is 6.54 Å². The van der Waals surface area contributed by atoms with Crippen LogP contribution in [0.15, 0.2) is 35.1 Å². The van der Waals surface area contributed by atoms with Crippen LogP contribution >= 0.6 is 27.5 Å². The van der Waals surface area contributed by atoms with Crippen molar-refractivity contribution in [3.05, 3.63) is 51.5 Å². The molecule has 0 bridgehead atoms. The second-order valence-electron chi connectivity index (χ2n) is 3.69. The van der Waals surface area contributed by atoms with Crippen molar-refractivity contribution in [1.29, 1.82) is 0 Å². The Hall–Kier alpha value is -1.33. The molecule has 0 aliphatic rings. The molecule has 1 aromatic carbocycles. The summed E-state index contributed by atoms with van der Waals surface area (Å²) in [5, 5.41) is 3.26.